The molecule has 27 heavy (non-hydrogen) atoms. The topological polar surface area (TPSA) is 40.6 Å². The van der Waals surface area contributed by atoms with Crippen LogP contribution in [0, 0.1) is 12.8 Å². The largest absolute Gasteiger partial charge is 0.341 e. The molecule has 0 spiro atoms. The van der Waals surface area contributed by atoms with Gasteiger partial charge < -0.3 is 9.80 Å². The Labute approximate surface area is 161 Å². The molecule has 0 aromatic heterocycles. The quantitative estimate of drug-likeness (QED) is 0.800. The van der Waals surface area contributed by atoms with Gasteiger partial charge in [-0.2, -0.15) is 0 Å². The molecule has 1 atom stereocenters. The SMILES string of the molecule is Cc1cccc(C(C)C)c1N1CC(C(=O)N(C)Cc2ccccc2)CC1=O. The molecule has 4 nitrogen and oxygen atoms in total. The van der Waals surface area contributed by atoms with Crippen LogP contribution < -0.4 is 4.90 Å². The highest BCUT2D eigenvalue weighted by Gasteiger charge is 2.37. The van der Waals surface area contributed by atoms with Crippen LogP contribution in [0.25, 0.3) is 0 Å². The van der Waals surface area contributed by atoms with Crippen molar-refractivity contribution in [1.29, 1.82) is 0 Å². The number of para-hydroxylation sites is 1. The maximum atomic E-state index is 12.9. The fourth-order valence-electron chi connectivity index (χ4n) is 3.85. The second-order valence-corrected chi connectivity index (χ2v) is 7.75. The monoisotopic (exact) mass is 364 g/mol. The number of benzene rings is 2. The molecule has 0 bridgehead atoms. The second-order valence-electron chi connectivity index (χ2n) is 7.75. The molecule has 0 aliphatic carbocycles. The van der Waals surface area contributed by atoms with Crippen LogP contribution in [0.5, 0.6) is 0 Å². The first-order chi connectivity index (χ1) is 12.9. The third kappa shape index (κ3) is 4.05. The van der Waals surface area contributed by atoms with Gasteiger partial charge in [0.15, 0.2) is 0 Å². The number of carbonyl (C=O) groups is 2. The van der Waals surface area contributed by atoms with Gasteiger partial charge in [-0.05, 0) is 29.5 Å². The van der Waals surface area contributed by atoms with E-state index >= 15 is 0 Å². The minimum Gasteiger partial charge on any atom is -0.341 e. The number of rotatable bonds is 5. The van der Waals surface area contributed by atoms with Crippen LogP contribution in [0.2, 0.25) is 0 Å². The molecule has 1 fully saturated rings. The van der Waals surface area contributed by atoms with Gasteiger partial charge in [-0.15, -0.1) is 0 Å². The van der Waals surface area contributed by atoms with Gasteiger partial charge in [0.2, 0.25) is 11.8 Å². The molecule has 1 aliphatic heterocycles. The van der Waals surface area contributed by atoms with Gasteiger partial charge in [-0.1, -0.05) is 62.4 Å². The Morgan fingerprint density at radius 2 is 1.85 bits per heavy atom. The first-order valence-electron chi connectivity index (χ1n) is 9.57. The summed E-state index contributed by atoms with van der Waals surface area (Å²) in [5.74, 6) is 0.112. The summed E-state index contributed by atoms with van der Waals surface area (Å²) < 4.78 is 0. The van der Waals surface area contributed by atoms with Crippen LogP contribution in [0.1, 0.15) is 42.9 Å². The lowest BCUT2D eigenvalue weighted by Gasteiger charge is -2.25. The third-order valence-corrected chi connectivity index (χ3v) is 5.27. The molecule has 2 aromatic carbocycles. The van der Waals surface area contributed by atoms with Crippen molar-refractivity contribution in [2.24, 2.45) is 5.92 Å². The summed E-state index contributed by atoms with van der Waals surface area (Å²) in [6.07, 6.45) is 0.282. The van der Waals surface area contributed by atoms with Crippen LogP contribution in [-0.2, 0) is 16.1 Å². The van der Waals surface area contributed by atoms with Crippen LogP contribution in [0.3, 0.4) is 0 Å². The minimum atomic E-state index is -0.286. The van der Waals surface area contributed by atoms with Crippen LogP contribution in [0.4, 0.5) is 5.69 Å². The number of aryl methyl sites for hydroxylation is 1. The normalized spacial score (nSPS) is 16.9. The fourth-order valence-corrected chi connectivity index (χ4v) is 3.85. The molecule has 2 amide bonds. The zero-order valence-corrected chi connectivity index (χ0v) is 16.6. The van der Waals surface area contributed by atoms with Crippen molar-refractivity contribution in [1.82, 2.24) is 4.90 Å². The lowest BCUT2D eigenvalue weighted by molar-refractivity contribution is -0.135. The first-order valence-corrected chi connectivity index (χ1v) is 9.57. The summed E-state index contributed by atoms with van der Waals surface area (Å²) in [5, 5.41) is 0. The van der Waals surface area contributed by atoms with E-state index in [1.54, 1.807) is 4.90 Å². The first kappa shape index (κ1) is 19.2. The highest BCUT2D eigenvalue weighted by atomic mass is 16.2. The summed E-state index contributed by atoms with van der Waals surface area (Å²) in [5.41, 5.74) is 4.32. The van der Waals surface area contributed by atoms with Gasteiger partial charge in [0.05, 0.1) is 5.92 Å². The van der Waals surface area contributed by atoms with Crippen molar-refractivity contribution >= 4 is 17.5 Å². The van der Waals surface area contributed by atoms with E-state index in [0.717, 1.165) is 22.4 Å². The zero-order chi connectivity index (χ0) is 19.6. The van der Waals surface area contributed by atoms with E-state index in [-0.39, 0.29) is 24.2 Å². The molecule has 1 saturated heterocycles. The predicted octanol–water partition coefficient (Wildman–Crippen LogP) is 4.13. The Kier molecular flexibility index (Phi) is 5.64. The molecule has 1 heterocycles. The zero-order valence-electron chi connectivity index (χ0n) is 16.6. The van der Waals surface area contributed by atoms with Crippen molar-refractivity contribution in [3.63, 3.8) is 0 Å². The summed E-state index contributed by atoms with van der Waals surface area (Å²) >= 11 is 0. The Balaban J connectivity index is 1.77. The van der Waals surface area contributed by atoms with Gasteiger partial charge in [0, 0.05) is 32.2 Å². The van der Waals surface area contributed by atoms with Crippen LogP contribution >= 0.6 is 0 Å². The van der Waals surface area contributed by atoms with Crippen molar-refractivity contribution < 1.29 is 9.59 Å². The smallest absolute Gasteiger partial charge is 0.228 e. The van der Waals surface area contributed by atoms with Gasteiger partial charge in [-0.3, -0.25) is 9.59 Å². The van der Waals surface area contributed by atoms with Gasteiger partial charge in [0.1, 0.15) is 0 Å². The fraction of sp³-hybridized carbons (Fsp3) is 0.391. The number of anilines is 1. The molecule has 1 unspecified atom stereocenters. The van der Waals surface area contributed by atoms with E-state index in [9.17, 15) is 9.59 Å². The maximum Gasteiger partial charge on any atom is 0.228 e. The Morgan fingerprint density at radius 3 is 2.52 bits per heavy atom. The lowest BCUT2D eigenvalue weighted by Crippen LogP contribution is -2.34. The van der Waals surface area contributed by atoms with Crippen molar-refractivity contribution in [2.45, 2.75) is 39.7 Å². The molecule has 3 rings (SSSR count). The Morgan fingerprint density at radius 1 is 1.15 bits per heavy atom. The maximum absolute atomic E-state index is 12.9. The molecule has 0 radical (unpaired) electrons. The standard InChI is InChI=1S/C23H28N2O2/c1-16(2)20-12-8-9-17(3)22(20)25-15-19(13-21(25)26)23(27)24(4)14-18-10-6-5-7-11-18/h5-12,16,19H,13-15H2,1-4H3. The molecule has 142 valence electrons. The van der Waals surface area contributed by atoms with Crippen LogP contribution in [-0.4, -0.2) is 30.3 Å². The molecule has 4 heteroatoms. The Bertz CT molecular complexity index is 830. The van der Waals surface area contributed by atoms with Gasteiger partial charge >= 0.3 is 0 Å². The molecule has 0 N–H and O–H groups in total. The molecule has 0 saturated carbocycles. The van der Waals surface area contributed by atoms with Crippen molar-refractivity contribution in [3.8, 4) is 0 Å². The second kappa shape index (κ2) is 7.95. The van der Waals surface area contributed by atoms with E-state index in [0.29, 0.717) is 19.0 Å². The number of carbonyl (C=O) groups excluding carboxylic acids is 2. The summed E-state index contributed by atoms with van der Waals surface area (Å²) in [6.45, 7) is 7.32. The van der Waals surface area contributed by atoms with Crippen molar-refractivity contribution in [3.05, 3.63) is 65.2 Å². The predicted molar refractivity (Wildman–Crippen MR) is 109 cm³/mol. The number of nitrogens with zero attached hydrogens (tertiary/aromatic N) is 2. The Hall–Kier alpha value is -2.62. The van der Waals surface area contributed by atoms with E-state index in [4.69, 9.17) is 0 Å². The number of hydrogen-bond donors (Lipinski definition) is 0. The van der Waals surface area contributed by atoms with Crippen LogP contribution in [0.15, 0.2) is 48.5 Å². The third-order valence-electron chi connectivity index (χ3n) is 5.27. The average molecular weight is 364 g/mol. The number of hydrogen-bond acceptors (Lipinski definition) is 2. The highest BCUT2D eigenvalue weighted by molar-refractivity contribution is 6.01. The lowest BCUT2D eigenvalue weighted by atomic mass is 9.97. The summed E-state index contributed by atoms with van der Waals surface area (Å²) in [4.78, 5) is 29.2. The van der Waals surface area contributed by atoms with E-state index < -0.39 is 0 Å². The molecule has 2 aromatic rings. The molecule has 1 aliphatic rings. The van der Waals surface area contributed by atoms with E-state index in [1.807, 2.05) is 61.3 Å². The summed E-state index contributed by atoms with van der Waals surface area (Å²) in [7, 11) is 1.82. The highest BCUT2D eigenvalue weighted by Crippen LogP contribution is 2.35. The van der Waals surface area contributed by atoms with Gasteiger partial charge in [0.25, 0.3) is 0 Å². The molecular formula is C23H28N2O2. The number of amides is 2. The van der Waals surface area contributed by atoms with Crippen molar-refractivity contribution in [2.75, 3.05) is 18.5 Å². The van der Waals surface area contributed by atoms with Gasteiger partial charge in [-0.25, -0.2) is 0 Å². The summed E-state index contributed by atoms with van der Waals surface area (Å²) in [6, 6.07) is 16.1. The van der Waals surface area contributed by atoms with E-state index in [2.05, 4.69) is 19.9 Å². The molecular weight excluding hydrogens is 336 g/mol. The minimum absolute atomic E-state index is 0.0365. The average Bonchev–Trinajstić information content (AvgIpc) is 3.02. The van der Waals surface area contributed by atoms with E-state index in [1.165, 1.54) is 0 Å².